The summed E-state index contributed by atoms with van der Waals surface area (Å²) in [5, 5.41) is 9.73. The molecule has 2 heterocycles. The number of hydrogen-bond donors (Lipinski definition) is 0. The normalized spacial score (nSPS) is 16.5. The van der Waals surface area contributed by atoms with Gasteiger partial charge in [-0.1, -0.05) is 49.0 Å². The Labute approximate surface area is 173 Å². The van der Waals surface area contributed by atoms with E-state index >= 15 is 0 Å². The second-order valence-electron chi connectivity index (χ2n) is 6.72. The van der Waals surface area contributed by atoms with E-state index in [1.807, 2.05) is 76.7 Å². The minimum Gasteiger partial charge on any atom is -0.311 e. The van der Waals surface area contributed by atoms with Crippen LogP contribution >= 0.6 is 23.5 Å². The van der Waals surface area contributed by atoms with Crippen LogP contribution in [0.1, 0.15) is 19.2 Å². The molecular formula is C21H22N4OS2. The molecule has 0 radical (unpaired) electrons. The van der Waals surface area contributed by atoms with Crippen molar-refractivity contribution in [3.63, 3.8) is 0 Å². The number of carbonyl (C=O) groups excluding carboxylic acids is 1. The Hall–Kier alpha value is -2.25. The number of thioether (sulfide) groups is 2. The predicted molar refractivity (Wildman–Crippen MR) is 116 cm³/mol. The quantitative estimate of drug-likeness (QED) is 0.589. The molecule has 1 unspecified atom stereocenters. The lowest BCUT2D eigenvalue weighted by atomic mass is 10.2. The van der Waals surface area contributed by atoms with Crippen molar-refractivity contribution < 1.29 is 4.79 Å². The summed E-state index contributed by atoms with van der Waals surface area (Å²) in [6, 6.07) is 18.2. The van der Waals surface area contributed by atoms with Crippen LogP contribution in [0.4, 0.5) is 5.69 Å². The van der Waals surface area contributed by atoms with Crippen molar-refractivity contribution in [2.45, 2.75) is 35.6 Å². The zero-order chi connectivity index (χ0) is 19.5. The summed E-state index contributed by atoms with van der Waals surface area (Å²) < 4.78 is 1.99. The van der Waals surface area contributed by atoms with Crippen molar-refractivity contribution in [2.75, 3.05) is 17.2 Å². The molecule has 1 aliphatic heterocycles. The van der Waals surface area contributed by atoms with Crippen LogP contribution < -0.4 is 4.90 Å². The second-order valence-corrected chi connectivity index (χ2v) is 9.14. The van der Waals surface area contributed by atoms with Crippen LogP contribution in [0.2, 0.25) is 0 Å². The van der Waals surface area contributed by atoms with Gasteiger partial charge in [0.2, 0.25) is 5.91 Å². The zero-order valence-electron chi connectivity index (χ0n) is 15.9. The lowest BCUT2D eigenvalue weighted by Crippen LogP contribution is -2.33. The zero-order valence-corrected chi connectivity index (χ0v) is 17.5. The van der Waals surface area contributed by atoms with E-state index in [1.165, 1.54) is 16.7 Å². The van der Waals surface area contributed by atoms with Gasteiger partial charge in [0.05, 0.1) is 11.4 Å². The highest BCUT2D eigenvalue weighted by atomic mass is 32.2. The van der Waals surface area contributed by atoms with E-state index in [9.17, 15) is 4.79 Å². The molecule has 0 saturated carbocycles. The third-order valence-electron chi connectivity index (χ3n) is 4.68. The summed E-state index contributed by atoms with van der Waals surface area (Å²) in [4.78, 5) is 16.2. The van der Waals surface area contributed by atoms with Crippen LogP contribution in [0.3, 0.4) is 0 Å². The highest BCUT2D eigenvalue weighted by Crippen LogP contribution is 2.37. The van der Waals surface area contributed by atoms with E-state index in [4.69, 9.17) is 0 Å². The number of hydrogen-bond acceptors (Lipinski definition) is 5. The van der Waals surface area contributed by atoms with Gasteiger partial charge in [0.1, 0.15) is 5.82 Å². The first kappa shape index (κ1) is 19.1. The Balaban J connectivity index is 1.53. The van der Waals surface area contributed by atoms with Gasteiger partial charge < -0.3 is 4.90 Å². The second kappa shape index (κ2) is 8.41. The predicted octanol–water partition coefficient (Wildman–Crippen LogP) is 4.59. The molecule has 4 rings (SSSR count). The van der Waals surface area contributed by atoms with E-state index in [0.717, 1.165) is 35.3 Å². The third-order valence-corrected chi connectivity index (χ3v) is 6.83. The molecule has 1 aromatic heterocycles. The molecule has 1 amide bonds. The smallest absolute Gasteiger partial charge is 0.237 e. The van der Waals surface area contributed by atoms with Gasteiger partial charge in [0, 0.05) is 22.4 Å². The van der Waals surface area contributed by atoms with E-state index in [-0.39, 0.29) is 5.91 Å². The van der Waals surface area contributed by atoms with Gasteiger partial charge in [0.15, 0.2) is 5.16 Å². The minimum absolute atomic E-state index is 0.104. The fourth-order valence-corrected chi connectivity index (χ4v) is 5.25. The molecule has 0 bridgehead atoms. The van der Waals surface area contributed by atoms with Crippen molar-refractivity contribution in [3.8, 4) is 5.69 Å². The molecule has 0 saturated heterocycles. The van der Waals surface area contributed by atoms with E-state index in [2.05, 4.69) is 23.2 Å². The molecule has 2 aromatic carbocycles. The van der Waals surface area contributed by atoms with Crippen LogP contribution in [0.25, 0.3) is 5.69 Å². The first-order chi connectivity index (χ1) is 13.6. The highest BCUT2D eigenvalue weighted by Gasteiger charge is 2.24. The molecule has 7 heteroatoms. The lowest BCUT2D eigenvalue weighted by Gasteiger charge is -2.22. The van der Waals surface area contributed by atoms with Gasteiger partial charge in [-0.3, -0.25) is 9.36 Å². The molecule has 1 aliphatic rings. The molecule has 0 spiro atoms. The number of fused-ring (bicyclic) bond motifs is 1. The Bertz CT molecular complexity index is 974. The number of carbonyl (C=O) groups is 1. The number of anilines is 1. The van der Waals surface area contributed by atoms with Gasteiger partial charge in [-0.25, -0.2) is 0 Å². The van der Waals surface area contributed by atoms with Crippen LogP contribution in [0.5, 0.6) is 0 Å². The monoisotopic (exact) mass is 410 g/mol. The first-order valence-electron chi connectivity index (χ1n) is 9.30. The molecule has 3 aromatic rings. The van der Waals surface area contributed by atoms with Gasteiger partial charge in [-0.05, 0) is 37.6 Å². The number of rotatable bonds is 4. The van der Waals surface area contributed by atoms with Crippen molar-refractivity contribution in [1.82, 2.24) is 14.8 Å². The summed E-state index contributed by atoms with van der Waals surface area (Å²) >= 11 is 3.28. The van der Waals surface area contributed by atoms with Crippen LogP contribution in [0.15, 0.2) is 64.6 Å². The number of benzene rings is 2. The average molecular weight is 411 g/mol. The van der Waals surface area contributed by atoms with Crippen molar-refractivity contribution in [3.05, 3.63) is 60.4 Å². The maximum atomic E-state index is 13.1. The Morgan fingerprint density at radius 1 is 1.14 bits per heavy atom. The van der Waals surface area contributed by atoms with E-state index in [1.54, 1.807) is 0 Å². The number of aryl methyl sites for hydroxylation is 1. The summed E-state index contributed by atoms with van der Waals surface area (Å²) in [6.07, 6.45) is 0.981. The van der Waals surface area contributed by atoms with E-state index in [0.29, 0.717) is 11.0 Å². The maximum Gasteiger partial charge on any atom is 0.237 e. The third kappa shape index (κ3) is 3.95. The standard InChI is InChI=1S/C21H22N4OS2/c1-15-12-13-24(18-10-6-7-11-19(18)28-15)20(26)14-27-21-23-22-16(2)25(21)17-8-4-3-5-9-17/h3-11,15H,12-14H2,1-2H3. The van der Waals surface area contributed by atoms with Crippen LogP contribution in [0, 0.1) is 6.92 Å². The summed E-state index contributed by atoms with van der Waals surface area (Å²) in [6.45, 7) is 4.89. The fraction of sp³-hybridized carbons (Fsp3) is 0.286. The molecule has 0 fully saturated rings. The first-order valence-corrected chi connectivity index (χ1v) is 11.2. The van der Waals surface area contributed by atoms with Crippen molar-refractivity contribution in [2.24, 2.45) is 0 Å². The topological polar surface area (TPSA) is 51.0 Å². The molecule has 28 heavy (non-hydrogen) atoms. The number of para-hydroxylation sites is 2. The van der Waals surface area contributed by atoms with Crippen molar-refractivity contribution in [1.29, 1.82) is 0 Å². The molecular weight excluding hydrogens is 388 g/mol. The molecule has 5 nitrogen and oxygen atoms in total. The lowest BCUT2D eigenvalue weighted by molar-refractivity contribution is -0.116. The SMILES string of the molecule is Cc1nnc(SCC(=O)N2CCC(C)Sc3ccccc32)n1-c1ccccc1. The maximum absolute atomic E-state index is 13.1. The Morgan fingerprint density at radius 3 is 2.71 bits per heavy atom. The van der Waals surface area contributed by atoms with Crippen molar-refractivity contribution >= 4 is 35.1 Å². The molecule has 0 aliphatic carbocycles. The van der Waals surface area contributed by atoms with Gasteiger partial charge in [-0.15, -0.1) is 22.0 Å². The minimum atomic E-state index is 0.104. The van der Waals surface area contributed by atoms with Crippen LogP contribution in [-0.4, -0.2) is 38.2 Å². The van der Waals surface area contributed by atoms with Gasteiger partial charge in [0.25, 0.3) is 0 Å². The number of amides is 1. The Morgan fingerprint density at radius 2 is 1.89 bits per heavy atom. The van der Waals surface area contributed by atoms with Gasteiger partial charge in [-0.2, -0.15) is 0 Å². The molecule has 1 atom stereocenters. The average Bonchev–Trinajstić information content (AvgIpc) is 2.99. The highest BCUT2D eigenvalue weighted by molar-refractivity contribution is 8.00. The number of nitrogens with zero attached hydrogens (tertiary/aromatic N) is 4. The van der Waals surface area contributed by atoms with Crippen LogP contribution in [-0.2, 0) is 4.79 Å². The van der Waals surface area contributed by atoms with Gasteiger partial charge >= 0.3 is 0 Å². The summed E-state index contributed by atoms with van der Waals surface area (Å²) in [5.74, 6) is 1.25. The Kier molecular flexibility index (Phi) is 5.73. The number of aromatic nitrogens is 3. The van der Waals surface area contributed by atoms with E-state index < -0.39 is 0 Å². The summed E-state index contributed by atoms with van der Waals surface area (Å²) in [5.41, 5.74) is 2.02. The molecule has 0 N–H and O–H groups in total. The fourth-order valence-electron chi connectivity index (χ4n) is 3.26. The molecule has 144 valence electrons. The largest absolute Gasteiger partial charge is 0.311 e. The summed E-state index contributed by atoms with van der Waals surface area (Å²) in [7, 11) is 0.